The predicted molar refractivity (Wildman–Crippen MR) is 90.1 cm³/mol. The minimum atomic E-state index is -3.19. The summed E-state index contributed by atoms with van der Waals surface area (Å²) in [6, 6.07) is 4.81. The Bertz CT molecular complexity index is 1000. The number of H-pyrrole nitrogens is 1. The van der Waals surface area contributed by atoms with Crippen molar-refractivity contribution in [3.05, 3.63) is 53.1 Å². The predicted octanol–water partition coefficient (Wildman–Crippen LogP) is 3.51. The summed E-state index contributed by atoms with van der Waals surface area (Å²) < 4.78 is 42.0. The van der Waals surface area contributed by atoms with Crippen molar-refractivity contribution in [3.8, 4) is 5.88 Å². The minimum absolute atomic E-state index is 0.0820. The monoisotopic (exact) mass is 376 g/mol. The third-order valence-corrected chi connectivity index (χ3v) is 4.49. The first-order chi connectivity index (χ1) is 13.0. The zero-order valence-electron chi connectivity index (χ0n) is 14.0. The number of hydrogen-bond acceptors (Lipinski definition) is 4. The van der Waals surface area contributed by atoms with Crippen LogP contribution in [0.1, 0.15) is 40.2 Å². The Morgan fingerprint density at radius 2 is 2.15 bits per heavy atom. The molecule has 0 unspecified atom stereocenters. The van der Waals surface area contributed by atoms with E-state index < -0.39 is 24.2 Å². The SMILES string of the molecule is O=C(NCc1c(C2CC2)ccc2[nH]ncc12)c1cnc(OC(F)F)c(F)c1. The molecule has 0 atom stereocenters. The molecular formula is C18H15F3N4O2. The van der Waals surface area contributed by atoms with Gasteiger partial charge in [0.2, 0.25) is 0 Å². The number of aromatic amines is 1. The van der Waals surface area contributed by atoms with Crippen LogP contribution in [0.25, 0.3) is 10.9 Å². The summed E-state index contributed by atoms with van der Waals surface area (Å²) in [5.74, 6) is -2.06. The molecule has 0 radical (unpaired) electrons. The number of ether oxygens (including phenoxy) is 1. The third-order valence-electron chi connectivity index (χ3n) is 4.49. The molecule has 1 aromatic carbocycles. The van der Waals surface area contributed by atoms with Gasteiger partial charge < -0.3 is 10.1 Å². The summed E-state index contributed by atoms with van der Waals surface area (Å²) in [7, 11) is 0. The van der Waals surface area contributed by atoms with E-state index in [1.165, 1.54) is 0 Å². The van der Waals surface area contributed by atoms with E-state index in [9.17, 15) is 18.0 Å². The van der Waals surface area contributed by atoms with Crippen LogP contribution in [0.15, 0.2) is 30.6 Å². The van der Waals surface area contributed by atoms with Crippen LogP contribution in [0.4, 0.5) is 13.2 Å². The van der Waals surface area contributed by atoms with Gasteiger partial charge in [-0.1, -0.05) is 6.07 Å². The molecule has 0 spiro atoms. The molecule has 0 bridgehead atoms. The number of hydrogen-bond donors (Lipinski definition) is 2. The number of fused-ring (bicyclic) bond motifs is 1. The van der Waals surface area contributed by atoms with Gasteiger partial charge in [0.25, 0.3) is 11.8 Å². The quantitative estimate of drug-likeness (QED) is 0.690. The Balaban J connectivity index is 1.53. The van der Waals surface area contributed by atoms with Gasteiger partial charge in [-0.3, -0.25) is 9.89 Å². The van der Waals surface area contributed by atoms with Crippen molar-refractivity contribution in [1.29, 1.82) is 0 Å². The molecule has 4 rings (SSSR count). The van der Waals surface area contributed by atoms with Crippen LogP contribution in [0.3, 0.4) is 0 Å². The fourth-order valence-electron chi connectivity index (χ4n) is 3.06. The largest absolute Gasteiger partial charge is 0.414 e. The van der Waals surface area contributed by atoms with Crippen molar-refractivity contribution in [3.63, 3.8) is 0 Å². The Hall–Kier alpha value is -3.10. The van der Waals surface area contributed by atoms with Crippen molar-refractivity contribution in [1.82, 2.24) is 20.5 Å². The highest BCUT2D eigenvalue weighted by molar-refractivity contribution is 5.94. The first-order valence-electron chi connectivity index (χ1n) is 8.36. The fraction of sp³-hybridized carbons (Fsp3) is 0.278. The lowest BCUT2D eigenvalue weighted by Crippen LogP contribution is -2.24. The summed E-state index contributed by atoms with van der Waals surface area (Å²) >= 11 is 0. The second-order valence-electron chi connectivity index (χ2n) is 6.31. The highest BCUT2D eigenvalue weighted by atomic mass is 19.3. The van der Waals surface area contributed by atoms with Gasteiger partial charge in [0.05, 0.1) is 17.3 Å². The number of halogens is 3. The number of carbonyl (C=O) groups excluding carboxylic acids is 1. The van der Waals surface area contributed by atoms with Gasteiger partial charge in [0.15, 0.2) is 5.82 Å². The van der Waals surface area contributed by atoms with Crippen molar-refractivity contribution < 1.29 is 22.7 Å². The van der Waals surface area contributed by atoms with Crippen molar-refractivity contribution in [2.45, 2.75) is 31.9 Å². The molecule has 3 aromatic rings. The summed E-state index contributed by atoms with van der Waals surface area (Å²) in [5, 5.41) is 10.6. The number of nitrogens with one attached hydrogen (secondary N) is 2. The molecule has 1 aliphatic rings. The first-order valence-corrected chi connectivity index (χ1v) is 8.36. The Morgan fingerprint density at radius 3 is 2.85 bits per heavy atom. The standard InChI is InChI=1S/C18H15F3N4O2/c19-14-5-10(6-23-17(14)27-18(20)21)16(26)22-7-12-11(9-1-2-9)3-4-15-13(12)8-24-25-15/h3-6,8-9,18H,1-2,7H2,(H,22,26)(H,24,25). The summed E-state index contributed by atoms with van der Waals surface area (Å²) in [6.07, 6.45) is 4.91. The highest BCUT2D eigenvalue weighted by Crippen LogP contribution is 2.43. The number of rotatable bonds is 6. The second kappa shape index (κ2) is 6.90. The Labute approximate surface area is 151 Å². The van der Waals surface area contributed by atoms with Gasteiger partial charge in [0, 0.05) is 18.1 Å². The molecule has 1 aliphatic carbocycles. The second-order valence-corrected chi connectivity index (χ2v) is 6.31. The summed E-state index contributed by atoms with van der Waals surface area (Å²) in [6.45, 7) is -2.96. The molecular weight excluding hydrogens is 361 g/mol. The van der Waals surface area contributed by atoms with E-state index in [1.54, 1.807) is 6.20 Å². The number of amides is 1. The van der Waals surface area contributed by atoms with Gasteiger partial charge in [0.1, 0.15) is 0 Å². The summed E-state index contributed by atoms with van der Waals surface area (Å²) in [4.78, 5) is 15.8. The van der Waals surface area contributed by atoms with E-state index in [-0.39, 0.29) is 12.1 Å². The van der Waals surface area contributed by atoms with Crippen LogP contribution in [0.5, 0.6) is 5.88 Å². The zero-order chi connectivity index (χ0) is 19.0. The molecule has 1 amide bonds. The average Bonchev–Trinajstić information content (AvgIpc) is 3.37. The topological polar surface area (TPSA) is 79.9 Å². The van der Waals surface area contributed by atoms with E-state index in [4.69, 9.17) is 0 Å². The number of aromatic nitrogens is 3. The molecule has 2 heterocycles. The molecule has 9 heteroatoms. The smallest absolute Gasteiger partial charge is 0.388 e. The molecule has 140 valence electrons. The summed E-state index contributed by atoms with van der Waals surface area (Å²) in [5.41, 5.74) is 2.91. The van der Waals surface area contributed by atoms with Gasteiger partial charge in [-0.15, -0.1) is 0 Å². The molecule has 1 saturated carbocycles. The Morgan fingerprint density at radius 1 is 1.33 bits per heavy atom. The molecule has 2 N–H and O–H groups in total. The third kappa shape index (κ3) is 3.57. The average molecular weight is 376 g/mol. The maximum absolute atomic E-state index is 13.8. The molecule has 1 fully saturated rings. The van der Waals surface area contributed by atoms with Crippen molar-refractivity contribution in [2.75, 3.05) is 0 Å². The lowest BCUT2D eigenvalue weighted by molar-refractivity contribution is -0.0553. The Kier molecular flexibility index (Phi) is 4.43. The number of carbonyl (C=O) groups is 1. The van der Waals surface area contributed by atoms with Gasteiger partial charge >= 0.3 is 6.61 Å². The minimum Gasteiger partial charge on any atom is -0.414 e. The van der Waals surface area contributed by atoms with E-state index in [1.807, 2.05) is 12.1 Å². The number of benzene rings is 1. The number of nitrogens with zero attached hydrogens (tertiary/aromatic N) is 2. The maximum Gasteiger partial charge on any atom is 0.388 e. The normalized spacial score (nSPS) is 13.9. The molecule has 0 aliphatic heterocycles. The molecule has 6 nitrogen and oxygen atoms in total. The first kappa shape index (κ1) is 17.3. The lowest BCUT2D eigenvalue weighted by atomic mass is 9.99. The molecule has 0 saturated heterocycles. The van der Waals surface area contributed by atoms with E-state index >= 15 is 0 Å². The number of pyridine rings is 1. The van der Waals surface area contributed by atoms with E-state index in [2.05, 4.69) is 25.2 Å². The van der Waals surface area contributed by atoms with Crippen LogP contribution in [0, 0.1) is 5.82 Å². The van der Waals surface area contributed by atoms with Crippen LogP contribution >= 0.6 is 0 Å². The fourth-order valence-corrected chi connectivity index (χ4v) is 3.06. The molecule has 27 heavy (non-hydrogen) atoms. The van der Waals surface area contributed by atoms with E-state index in [0.29, 0.717) is 5.92 Å². The van der Waals surface area contributed by atoms with Gasteiger partial charge in [-0.25, -0.2) is 9.37 Å². The van der Waals surface area contributed by atoms with Gasteiger partial charge in [-0.05, 0) is 42.0 Å². The zero-order valence-corrected chi connectivity index (χ0v) is 14.0. The van der Waals surface area contributed by atoms with Crippen LogP contribution in [-0.4, -0.2) is 27.7 Å². The number of alkyl halides is 2. The van der Waals surface area contributed by atoms with Crippen LogP contribution in [0.2, 0.25) is 0 Å². The van der Waals surface area contributed by atoms with Crippen molar-refractivity contribution in [2.24, 2.45) is 0 Å². The van der Waals surface area contributed by atoms with Crippen LogP contribution in [-0.2, 0) is 6.54 Å². The van der Waals surface area contributed by atoms with Gasteiger partial charge in [-0.2, -0.15) is 13.9 Å². The van der Waals surface area contributed by atoms with E-state index in [0.717, 1.165) is 47.1 Å². The van der Waals surface area contributed by atoms with Crippen molar-refractivity contribution >= 4 is 16.8 Å². The van der Waals surface area contributed by atoms with Crippen LogP contribution < -0.4 is 10.1 Å². The maximum atomic E-state index is 13.8. The highest BCUT2D eigenvalue weighted by Gasteiger charge is 2.27. The molecule has 2 aromatic heterocycles. The lowest BCUT2D eigenvalue weighted by Gasteiger charge is -2.12.